The molecule has 1 aromatic carbocycles. The zero-order chi connectivity index (χ0) is 13.7. The van der Waals surface area contributed by atoms with E-state index in [9.17, 15) is 0 Å². The lowest BCUT2D eigenvalue weighted by atomic mass is 9.96. The van der Waals surface area contributed by atoms with Gasteiger partial charge in [0.2, 0.25) is 0 Å². The van der Waals surface area contributed by atoms with E-state index < -0.39 is 0 Å². The van der Waals surface area contributed by atoms with Crippen molar-refractivity contribution in [3.63, 3.8) is 0 Å². The zero-order valence-corrected chi connectivity index (χ0v) is 12.2. The smallest absolute Gasteiger partial charge is 0.0638 e. The molecule has 0 spiro atoms. The van der Waals surface area contributed by atoms with E-state index in [1.807, 2.05) is 0 Å². The van der Waals surface area contributed by atoms with E-state index in [-0.39, 0.29) is 6.04 Å². The van der Waals surface area contributed by atoms with Gasteiger partial charge >= 0.3 is 0 Å². The maximum Gasteiger partial charge on any atom is 0.0638 e. The van der Waals surface area contributed by atoms with E-state index in [1.54, 1.807) is 0 Å². The molecule has 1 rings (SSSR count). The monoisotopic (exact) mass is 244 g/mol. The molecule has 2 atom stereocenters. The first-order valence-electron chi connectivity index (χ1n) is 6.70. The van der Waals surface area contributed by atoms with Crippen molar-refractivity contribution in [2.75, 3.05) is 0 Å². The first kappa shape index (κ1) is 14.7. The van der Waals surface area contributed by atoms with Gasteiger partial charge in [-0.15, -0.1) is 0 Å². The molecule has 2 nitrogen and oxygen atoms in total. The van der Waals surface area contributed by atoms with Crippen LogP contribution in [0, 0.1) is 32.1 Å². The van der Waals surface area contributed by atoms with Crippen LogP contribution in [0.3, 0.4) is 0 Å². The molecule has 0 fully saturated rings. The first-order valence-corrected chi connectivity index (χ1v) is 6.70. The minimum atomic E-state index is 0.283. The minimum absolute atomic E-state index is 0.283. The highest BCUT2D eigenvalue weighted by Gasteiger charge is 2.14. The summed E-state index contributed by atoms with van der Waals surface area (Å²) in [4.78, 5) is 0. The summed E-state index contributed by atoms with van der Waals surface area (Å²) < 4.78 is 0. The molecule has 0 radical (unpaired) electrons. The Balaban J connectivity index is 2.87. The second kappa shape index (κ2) is 6.56. The summed E-state index contributed by atoms with van der Waals surface area (Å²) in [5.41, 5.74) is 5.34. The van der Waals surface area contributed by atoms with Crippen molar-refractivity contribution in [2.24, 2.45) is 0 Å². The quantitative estimate of drug-likeness (QED) is 0.851. The molecule has 0 aliphatic heterocycles. The molecule has 1 aromatic rings. The third kappa shape index (κ3) is 3.58. The van der Waals surface area contributed by atoms with Crippen LogP contribution in [0.2, 0.25) is 0 Å². The summed E-state index contributed by atoms with van der Waals surface area (Å²) >= 11 is 0. The Bertz CT molecular complexity index is 443. The second-order valence-electron chi connectivity index (χ2n) is 5.15. The number of rotatable bonds is 5. The lowest BCUT2D eigenvalue weighted by Gasteiger charge is -2.23. The van der Waals surface area contributed by atoms with Crippen LogP contribution in [0.15, 0.2) is 12.1 Å². The normalized spacial score (nSPS) is 14.0. The summed E-state index contributed by atoms with van der Waals surface area (Å²) in [6, 6.07) is 7.34. The van der Waals surface area contributed by atoms with Gasteiger partial charge in [0, 0.05) is 12.1 Å². The van der Waals surface area contributed by atoms with Crippen molar-refractivity contribution < 1.29 is 0 Å². The Hall–Kier alpha value is -1.33. The van der Waals surface area contributed by atoms with Gasteiger partial charge in [-0.1, -0.05) is 19.1 Å². The highest BCUT2D eigenvalue weighted by atomic mass is 14.9. The Morgan fingerprint density at radius 2 is 1.78 bits per heavy atom. The third-order valence-electron chi connectivity index (χ3n) is 3.67. The van der Waals surface area contributed by atoms with Gasteiger partial charge in [-0.05, 0) is 56.4 Å². The highest BCUT2D eigenvalue weighted by molar-refractivity contribution is 5.38. The van der Waals surface area contributed by atoms with Crippen LogP contribution in [0.4, 0.5) is 0 Å². The van der Waals surface area contributed by atoms with Crippen molar-refractivity contribution in [1.82, 2.24) is 5.32 Å². The van der Waals surface area contributed by atoms with E-state index in [0.717, 1.165) is 6.42 Å². The largest absolute Gasteiger partial charge is 0.306 e. The SMILES string of the molecule is CCC(CC#N)NC(C)c1cc(C)c(C)cc1C. The predicted octanol–water partition coefficient (Wildman–Crippen LogP) is 3.95. The summed E-state index contributed by atoms with van der Waals surface area (Å²) in [5.74, 6) is 0. The standard InChI is InChI=1S/C16H24N2/c1-6-15(7-8-17)18-14(5)16-10-12(3)11(2)9-13(16)4/h9-10,14-15,18H,6-7H2,1-5H3. The van der Waals surface area contributed by atoms with Crippen LogP contribution in [0.25, 0.3) is 0 Å². The zero-order valence-electron chi connectivity index (χ0n) is 12.2. The molecule has 0 saturated carbocycles. The number of nitrogens with one attached hydrogen (secondary N) is 1. The van der Waals surface area contributed by atoms with Crippen molar-refractivity contribution in [1.29, 1.82) is 5.26 Å². The Kier molecular flexibility index (Phi) is 5.37. The van der Waals surface area contributed by atoms with E-state index in [0.29, 0.717) is 12.5 Å². The molecule has 0 bridgehead atoms. The van der Waals surface area contributed by atoms with E-state index in [4.69, 9.17) is 5.26 Å². The fourth-order valence-corrected chi connectivity index (χ4v) is 2.32. The van der Waals surface area contributed by atoms with Crippen LogP contribution in [-0.4, -0.2) is 6.04 Å². The average molecular weight is 244 g/mol. The average Bonchev–Trinajstić information content (AvgIpc) is 2.33. The lowest BCUT2D eigenvalue weighted by molar-refractivity contribution is 0.447. The molecular weight excluding hydrogens is 220 g/mol. The third-order valence-corrected chi connectivity index (χ3v) is 3.67. The fourth-order valence-electron chi connectivity index (χ4n) is 2.32. The van der Waals surface area contributed by atoms with E-state index in [2.05, 4.69) is 58.1 Å². The Labute approximate surface area is 111 Å². The Morgan fingerprint density at radius 1 is 1.17 bits per heavy atom. The molecule has 18 heavy (non-hydrogen) atoms. The molecule has 98 valence electrons. The Morgan fingerprint density at radius 3 is 2.33 bits per heavy atom. The summed E-state index contributed by atoms with van der Waals surface area (Å²) in [7, 11) is 0. The molecule has 0 amide bonds. The molecule has 2 unspecified atom stereocenters. The van der Waals surface area contributed by atoms with Crippen molar-refractivity contribution in [2.45, 2.75) is 59.5 Å². The van der Waals surface area contributed by atoms with Gasteiger partial charge < -0.3 is 5.32 Å². The second-order valence-corrected chi connectivity index (χ2v) is 5.15. The summed E-state index contributed by atoms with van der Waals surface area (Å²) in [6.07, 6.45) is 1.56. The molecular formula is C16H24N2. The number of nitrogens with zero attached hydrogens (tertiary/aromatic N) is 1. The van der Waals surface area contributed by atoms with Crippen molar-refractivity contribution in [3.05, 3.63) is 34.4 Å². The van der Waals surface area contributed by atoms with Gasteiger partial charge in [-0.3, -0.25) is 0 Å². The van der Waals surface area contributed by atoms with Crippen LogP contribution in [0.5, 0.6) is 0 Å². The lowest BCUT2D eigenvalue weighted by Crippen LogP contribution is -2.31. The molecule has 0 aromatic heterocycles. The molecule has 0 saturated heterocycles. The van der Waals surface area contributed by atoms with Gasteiger partial charge in [0.15, 0.2) is 0 Å². The number of aryl methyl sites for hydroxylation is 3. The van der Waals surface area contributed by atoms with Crippen LogP contribution in [-0.2, 0) is 0 Å². The van der Waals surface area contributed by atoms with Crippen molar-refractivity contribution >= 4 is 0 Å². The topological polar surface area (TPSA) is 35.8 Å². The molecule has 0 heterocycles. The molecule has 0 aliphatic rings. The number of hydrogen-bond acceptors (Lipinski definition) is 2. The van der Waals surface area contributed by atoms with Crippen LogP contribution >= 0.6 is 0 Å². The maximum absolute atomic E-state index is 8.80. The number of benzene rings is 1. The van der Waals surface area contributed by atoms with Gasteiger partial charge in [-0.25, -0.2) is 0 Å². The van der Waals surface area contributed by atoms with Gasteiger partial charge in [0.25, 0.3) is 0 Å². The highest BCUT2D eigenvalue weighted by Crippen LogP contribution is 2.22. The van der Waals surface area contributed by atoms with Gasteiger partial charge in [-0.2, -0.15) is 5.26 Å². The fraction of sp³-hybridized carbons (Fsp3) is 0.562. The maximum atomic E-state index is 8.80. The minimum Gasteiger partial charge on any atom is -0.306 e. The summed E-state index contributed by atoms with van der Waals surface area (Å²) in [6.45, 7) is 10.8. The number of hydrogen-bond donors (Lipinski definition) is 1. The van der Waals surface area contributed by atoms with Crippen LogP contribution in [0.1, 0.15) is 55.0 Å². The summed E-state index contributed by atoms with van der Waals surface area (Å²) in [5, 5.41) is 12.3. The first-order chi connectivity index (χ1) is 8.49. The van der Waals surface area contributed by atoms with E-state index >= 15 is 0 Å². The van der Waals surface area contributed by atoms with E-state index in [1.165, 1.54) is 22.3 Å². The predicted molar refractivity (Wildman–Crippen MR) is 76.5 cm³/mol. The van der Waals surface area contributed by atoms with Crippen molar-refractivity contribution in [3.8, 4) is 6.07 Å². The molecule has 1 N–H and O–H groups in total. The molecule has 2 heteroatoms. The van der Waals surface area contributed by atoms with Gasteiger partial charge in [0.1, 0.15) is 0 Å². The number of nitriles is 1. The van der Waals surface area contributed by atoms with Gasteiger partial charge in [0.05, 0.1) is 12.5 Å². The van der Waals surface area contributed by atoms with Crippen LogP contribution < -0.4 is 5.32 Å². The molecule has 0 aliphatic carbocycles.